The predicted molar refractivity (Wildman–Crippen MR) is 106 cm³/mol. The quantitative estimate of drug-likeness (QED) is 0.508. The van der Waals surface area contributed by atoms with Gasteiger partial charge in [0.25, 0.3) is 0 Å². The maximum absolute atomic E-state index is 15.0. The zero-order valence-corrected chi connectivity index (χ0v) is 17.3. The first kappa shape index (κ1) is 22.4. The van der Waals surface area contributed by atoms with Gasteiger partial charge in [-0.05, 0) is 64.7 Å². The van der Waals surface area contributed by atoms with Crippen LogP contribution < -0.4 is 16.4 Å². The average molecular weight is 409 g/mol. The largest absolute Gasteiger partial charge is 0.466 e. The summed E-state index contributed by atoms with van der Waals surface area (Å²) in [6.45, 7) is 8.49. The number of esters is 1. The number of anilines is 2. The molecule has 0 bridgehead atoms. The van der Waals surface area contributed by atoms with Gasteiger partial charge in [0.15, 0.2) is 5.82 Å². The second-order valence-corrected chi connectivity index (χ2v) is 8.01. The van der Waals surface area contributed by atoms with Gasteiger partial charge in [0.2, 0.25) is 5.91 Å². The normalized spacial score (nSPS) is 16.6. The molecule has 0 radical (unpaired) electrons. The summed E-state index contributed by atoms with van der Waals surface area (Å²) < 4.78 is 25.1. The van der Waals surface area contributed by atoms with E-state index in [4.69, 9.17) is 15.2 Å². The van der Waals surface area contributed by atoms with Crippen LogP contribution in [-0.4, -0.2) is 36.2 Å². The van der Waals surface area contributed by atoms with Gasteiger partial charge in [0.05, 0.1) is 18.2 Å². The number of fused-ring (bicyclic) bond motifs is 1. The molecule has 8 nitrogen and oxygen atoms in total. The molecule has 1 aliphatic carbocycles. The number of hydrogen-bond acceptors (Lipinski definition) is 6. The molecule has 0 spiro atoms. The Morgan fingerprint density at radius 1 is 1.31 bits per heavy atom. The van der Waals surface area contributed by atoms with E-state index in [2.05, 4.69) is 10.6 Å². The van der Waals surface area contributed by atoms with Gasteiger partial charge in [-0.2, -0.15) is 0 Å². The van der Waals surface area contributed by atoms with Crippen molar-refractivity contribution in [3.63, 3.8) is 0 Å². The maximum Gasteiger partial charge on any atom is 0.408 e. The summed E-state index contributed by atoms with van der Waals surface area (Å²) >= 11 is 0. The highest BCUT2D eigenvalue weighted by Gasteiger charge is 2.33. The van der Waals surface area contributed by atoms with E-state index >= 15 is 4.39 Å². The minimum atomic E-state index is -0.982. The summed E-state index contributed by atoms with van der Waals surface area (Å²) in [7, 11) is 0. The molecular weight excluding hydrogens is 381 g/mol. The van der Waals surface area contributed by atoms with Gasteiger partial charge < -0.3 is 25.8 Å². The standard InChI is InChI=1S/C20H28FN3O5/c1-6-28-18(26)12-7-11-9-14(22)16(15(21)13(11)8-12)24-17(25)10(2)23-19(27)29-20(3,4)5/h9-10,12H,6-8,22H2,1-5H3,(H,23,27)(H,24,25). The number of nitrogens with two attached hydrogens (primary N) is 1. The summed E-state index contributed by atoms with van der Waals surface area (Å²) in [5, 5.41) is 4.81. The third-order valence-corrected chi connectivity index (χ3v) is 4.40. The molecule has 9 heteroatoms. The number of carbonyl (C=O) groups excluding carboxylic acids is 3. The zero-order valence-electron chi connectivity index (χ0n) is 17.3. The van der Waals surface area contributed by atoms with Gasteiger partial charge >= 0.3 is 12.1 Å². The maximum atomic E-state index is 15.0. The molecule has 1 aromatic rings. The minimum Gasteiger partial charge on any atom is -0.466 e. The van der Waals surface area contributed by atoms with Gasteiger partial charge in [-0.25, -0.2) is 9.18 Å². The lowest BCUT2D eigenvalue weighted by Crippen LogP contribution is -2.44. The van der Waals surface area contributed by atoms with E-state index in [1.807, 2.05) is 0 Å². The van der Waals surface area contributed by atoms with E-state index in [0.29, 0.717) is 17.5 Å². The van der Waals surface area contributed by atoms with E-state index < -0.39 is 35.4 Å². The molecule has 0 saturated carbocycles. The minimum absolute atomic E-state index is 0.0450. The average Bonchev–Trinajstić information content (AvgIpc) is 3.01. The summed E-state index contributed by atoms with van der Waals surface area (Å²) in [4.78, 5) is 36.2. The summed E-state index contributed by atoms with van der Waals surface area (Å²) in [5.41, 5.74) is 6.04. The van der Waals surface area contributed by atoms with Crippen molar-refractivity contribution in [3.05, 3.63) is 23.0 Å². The summed E-state index contributed by atoms with van der Waals surface area (Å²) in [6, 6.07) is 0.573. The first-order chi connectivity index (χ1) is 13.4. The van der Waals surface area contributed by atoms with Crippen LogP contribution in [0.1, 0.15) is 45.7 Å². The summed E-state index contributed by atoms with van der Waals surface area (Å²) in [5.74, 6) is -2.19. The van der Waals surface area contributed by atoms with E-state index in [9.17, 15) is 14.4 Å². The van der Waals surface area contributed by atoms with Crippen LogP contribution in [0.15, 0.2) is 6.07 Å². The Hall–Kier alpha value is -2.84. The van der Waals surface area contributed by atoms with E-state index in [-0.39, 0.29) is 30.4 Å². The number of benzene rings is 1. The Morgan fingerprint density at radius 2 is 1.97 bits per heavy atom. The Balaban J connectivity index is 2.11. The van der Waals surface area contributed by atoms with Crippen molar-refractivity contribution in [2.24, 2.45) is 5.92 Å². The highest BCUT2D eigenvalue weighted by Crippen LogP contribution is 2.36. The number of rotatable bonds is 5. The molecule has 2 amide bonds. The smallest absolute Gasteiger partial charge is 0.408 e. The molecule has 1 aromatic carbocycles. The highest BCUT2D eigenvalue weighted by atomic mass is 19.1. The van der Waals surface area contributed by atoms with Crippen LogP contribution in [0.25, 0.3) is 0 Å². The number of alkyl carbamates (subject to hydrolysis) is 1. The van der Waals surface area contributed by atoms with Crippen LogP contribution in [0.3, 0.4) is 0 Å². The van der Waals surface area contributed by atoms with Crippen molar-refractivity contribution in [2.75, 3.05) is 17.7 Å². The summed E-state index contributed by atoms with van der Waals surface area (Å²) in [6.07, 6.45) is -0.255. The fourth-order valence-corrected chi connectivity index (χ4v) is 3.09. The van der Waals surface area contributed by atoms with Crippen molar-refractivity contribution in [1.29, 1.82) is 0 Å². The first-order valence-corrected chi connectivity index (χ1v) is 9.49. The van der Waals surface area contributed by atoms with E-state index in [1.54, 1.807) is 33.8 Å². The van der Waals surface area contributed by atoms with Crippen LogP contribution in [-0.2, 0) is 31.9 Å². The van der Waals surface area contributed by atoms with E-state index in [1.165, 1.54) is 6.92 Å². The van der Waals surface area contributed by atoms with Crippen molar-refractivity contribution in [3.8, 4) is 0 Å². The molecule has 0 heterocycles. The lowest BCUT2D eigenvalue weighted by molar-refractivity contribution is -0.147. The van der Waals surface area contributed by atoms with Crippen molar-refractivity contribution < 1.29 is 28.2 Å². The molecule has 4 N–H and O–H groups in total. The van der Waals surface area contributed by atoms with Crippen LogP contribution >= 0.6 is 0 Å². The van der Waals surface area contributed by atoms with Gasteiger partial charge in [-0.15, -0.1) is 0 Å². The molecule has 0 aliphatic heterocycles. The second-order valence-electron chi connectivity index (χ2n) is 8.01. The number of carbonyl (C=O) groups is 3. The predicted octanol–water partition coefficient (Wildman–Crippen LogP) is 2.54. The van der Waals surface area contributed by atoms with Crippen LogP contribution in [0.5, 0.6) is 0 Å². The van der Waals surface area contributed by atoms with Crippen LogP contribution in [0.2, 0.25) is 0 Å². The molecule has 2 atom stereocenters. The molecule has 1 aliphatic rings. The molecular formula is C20H28FN3O5. The van der Waals surface area contributed by atoms with Crippen LogP contribution in [0.4, 0.5) is 20.6 Å². The van der Waals surface area contributed by atoms with Crippen molar-refractivity contribution in [1.82, 2.24) is 5.32 Å². The molecule has 29 heavy (non-hydrogen) atoms. The van der Waals surface area contributed by atoms with E-state index in [0.717, 1.165) is 0 Å². The molecule has 2 rings (SSSR count). The van der Waals surface area contributed by atoms with Gasteiger partial charge in [0, 0.05) is 0 Å². The highest BCUT2D eigenvalue weighted by molar-refractivity contribution is 5.99. The number of nitrogen functional groups attached to an aromatic ring is 1. The second kappa shape index (κ2) is 8.67. The number of hydrogen-bond donors (Lipinski definition) is 3. The zero-order chi connectivity index (χ0) is 21.9. The molecule has 2 unspecified atom stereocenters. The Labute approximate surface area is 169 Å². The Bertz CT molecular complexity index is 819. The topological polar surface area (TPSA) is 120 Å². The lowest BCUT2D eigenvalue weighted by Gasteiger charge is -2.22. The third kappa shape index (κ3) is 5.58. The number of nitrogens with one attached hydrogen (secondary N) is 2. The fraction of sp³-hybridized carbons (Fsp3) is 0.550. The Kier molecular flexibility index (Phi) is 6.71. The molecule has 0 aromatic heterocycles. The lowest BCUT2D eigenvalue weighted by atomic mass is 10.1. The first-order valence-electron chi connectivity index (χ1n) is 9.49. The molecule has 0 saturated heterocycles. The van der Waals surface area contributed by atoms with Crippen molar-refractivity contribution >= 4 is 29.3 Å². The van der Waals surface area contributed by atoms with Gasteiger partial charge in [0.1, 0.15) is 17.3 Å². The number of ether oxygens (including phenoxy) is 2. The molecule has 160 valence electrons. The van der Waals surface area contributed by atoms with Gasteiger partial charge in [-0.3, -0.25) is 9.59 Å². The molecule has 0 fully saturated rings. The van der Waals surface area contributed by atoms with Crippen LogP contribution in [0, 0.1) is 11.7 Å². The SMILES string of the molecule is CCOC(=O)C1Cc2cc(N)c(NC(=O)C(C)NC(=O)OC(C)(C)C)c(F)c2C1. The third-order valence-electron chi connectivity index (χ3n) is 4.40. The number of halogens is 1. The Morgan fingerprint density at radius 3 is 2.55 bits per heavy atom. The van der Waals surface area contributed by atoms with Gasteiger partial charge in [-0.1, -0.05) is 0 Å². The monoisotopic (exact) mass is 409 g/mol. The van der Waals surface area contributed by atoms with Crippen molar-refractivity contribution in [2.45, 2.75) is 59.1 Å². The fourth-order valence-electron chi connectivity index (χ4n) is 3.09. The number of amides is 2.